The molecule has 0 saturated carbocycles. The van der Waals surface area contributed by atoms with E-state index in [4.69, 9.17) is 0 Å². The Labute approximate surface area is 167 Å². The van der Waals surface area contributed by atoms with Crippen LogP contribution in [0.25, 0.3) is 0 Å². The summed E-state index contributed by atoms with van der Waals surface area (Å²) < 4.78 is 1.04. The summed E-state index contributed by atoms with van der Waals surface area (Å²) in [5, 5.41) is 26.7. The molecule has 0 aliphatic rings. The topological polar surface area (TPSA) is 134 Å². The van der Waals surface area contributed by atoms with Crippen LogP contribution < -0.4 is 10.7 Å². The van der Waals surface area contributed by atoms with Gasteiger partial charge in [-0.15, -0.1) is 0 Å². The van der Waals surface area contributed by atoms with Crippen molar-refractivity contribution in [2.24, 2.45) is 5.10 Å². The summed E-state index contributed by atoms with van der Waals surface area (Å²) >= 11 is 2.15. The molecule has 2 aromatic carbocycles. The minimum Gasteiger partial charge on any atom is -0.507 e. The SMILES string of the molecule is O=C(CCC(=O)Nc1ccc(I)cc1)NN=Cc1cc([N+](=O)[O-])ccc1O. The molecule has 0 bridgehead atoms. The zero-order chi connectivity index (χ0) is 19.8. The Hall–Kier alpha value is -3.02. The Morgan fingerprint density at radius 3 is 2.48 bits per heavy atom. The van der Waals surface area contributed by atoms with Crippen LogP contribution in [-0.2, 0) is 9.59 Å². The van der Waals surface area contributed by atoms with Gasteiger partial charge in [-0.2, -0.15) is 5.10 Å². The fourth-order valence-corrected chi connectivity index (χ4v) is 2.33. The molecule has 0 radical (unpaired) electrons. The number of carbonyl (C=O) groups excluding carboxylic acids is 2. The van der Waals surface area contributed by atoms with Gasteiger partial charge >= 0.3 is 0 Å². The molecule has 140 valence electrons. The first-order chi connectivity index (χ1) is 12.8. The average Bonchev–Trinajstić information content (AvgIpc) is 2.63. The number of hydrogen-bond donors (Lipinski definition) is 3. The van der Waals surface area contributed by atoms with Crippen molar-refractivity contribution < 1.29 is 19.6 Å². The maximum Gasteiger partial charge on any atom is 0.270 e. The van der Waals surface area contributed by atoms with Crippen molar-refractivity contribution in [2.45, 2.75) is 12.8 Å². The van der Waals surface area contributed by atoms with Crippen LogP contribution in [-0.4, -0.2) is 28.1 Å². The summed E-state index contributed by atoms with van der Waals surface area (Å²) in [6, 6.07) is 10.7. The fraction of sp³-hybridized carbons (Fsp3) is 0.118. The Balaban J connectivity index is 1.81. The molecule has 9 nitrogen and oxygen atoms in total. The van der Waals surface area contributed by atoms with E-state index in [9.17, 15) is 24.8 Å². The quantitative estimate of drug-likeness (QED) is 0.242. The van der Waals surface area contributed by atoms with Crippen molar-refractivity contribution in [1.29, 1.82) is 0 Å². The smallest absolute Gasteiger partial charge is 0.270 e. The molecule has 10 heteroatoms. The number of nitrogens with zero attached hydrogens (tertiary/aromatic N) is 2. The number of nitro benzene ring substituents is 1. The number of nitro groups is 1. The number of non-ortho nitro benzene ring substituents is 1. The predicted octanol–water partition coefficient (Wildman–Crippen LogP) is 2.77. The lowest BCUT2D eigenvalue weighted by Gasteiger charge is -2.05. The normalized spacial score (nSPS) is 10.6. The van der Waals surface area contributed by atoms with Crippen molar-refractivity contribution in [3.8, 4) is 5.75 Å². The Morgan fingerprint density at radius 1 is 1.15 bits per heavy atom. The maximum atomic E-state index is 11.8. The largest absolute Gasteiger partial charge is 0.507 e. The van der Waals surface area contributed by atoms with E-state index in [0.717, 1.165) is 28.0 Å². The van der Waals surface area contributed by atoms with Gasteiger partial charge in [-0.3, -0.25) is 19.7 Å². The highest BCUT2D eigenvalue weighted by Gasteiger charge is 2.09. The van der Waals surface area contributed by atoms with Crippen molar-refractivity contribution in [3.05, 3.63) is 61.7 Å². The minimum absolute atomic E-state index is 0.0323. The van der Waals surface area contributed by atoms with Crippen molar-refractivity contribution in [2.75, 3.05) is 5.32 Å². The molecular weight excluding hydrogens is 467 g/mol. The van der Waals surface area contributed by atoms with Gasteiger partial charge in [0.2, 0.25) is 11.8 Å². The summed E-state index contributed by atoms with van der Waals surface area (Å²) in [5.74, 6) is -1.03. The van der Waals surface area contributed by atoms with Gasteiger partial charge in [0.05, 0.1) is 11.1 Å². The molecule has 0 heterocycles. The molecular formula is C17H15IN4O5. The third kappa shape index (κ3) is 6.66. The number of halogens is 1. The van der Waals surface area contributed by atoms with E-state index in [1.165, 1.54) is 0 Å². The Kier molecular flexibility index (Phi) is 7.23. The summed E-state index contributed by atoms with van der Waals surface area (Å²) in [7, 11) is 0. The number of nitrogens with one attached hydrogen (secondary N) is 2. The Bertz CT molecular complexity index is 883. The van der Waals surface area contributed by atoms with E-state index in [1.54, 1.807) is 12.1 Å². The third-order valence-corrected chi connectivity index (χ3v) is 4.04. The first-order valence-corrected chi connectivity index (χ1v) is 8.78. The molecule has 2 amide bonds. The fourth-order valence-electron chi connectivity index (χ4n) is 1.97. The number of benzene rings is 2. The number of hydrogen-bond acceptors (Lipinski definition) is 6. The second kappa shape index (κ2) is 9.62. The minimum atomic E-state index is -0.610. The highest BCUT2D eigenvalue weighted by Crippen LogP contribution is 2.21. The van der Waals surface area contributed by atoms with E-state index in [0.29, 0.717) is 5.69 Å². The van der Waals surface area contributed by atoms with Crippen LogP contribution in [0.5, 0.6) is 5.75 Å². The number of aromatic hydroxyl groups is 1. The highest BCUT2D eigenvalue weighted by atomic mass is 127. The molecule has 2 aromatic rings. The maximum absolute atomic E-state index is 11.8. The molecule has 0 aliphatic carbocycles. The molecule has 0 unspecified atom stereocenters. The molecule has 0 aromatic heterocycles. The van der Waals surface area contributed by atoms with E-state index < -0.39 is 10.8 Å². The van der Waals surface area contributed by atoms with Crippen molar-refractivity contribution in [1.82, 2.24) is 5.43 Å². The number of phenols is 1. The monoisotopic (exact) mass is 482 g/mol. The lowest BCUT2D eigenvalue weighted by molar-refractivity contribution is -0.384. The first kappa shape index (κ1) is 20.3. The molecule has 2 rings (SSSR count). The predicted molar refractivity (Wildman–Crippen MR) is 108 cm³/mol. The highest BCUT2D eigenvalue weighted by molar-refractivity contribution is 14.1. The number of amides is 2. The second-order valence-electron chi connectivity index (χ2n) is 5.35. The van der Waals surface area contributed by atoms with Gasteiger partial charge in [0.25, 0.3) is 5.69 Å². The van der Waals surface area contributed by atoms with Crippen LogP contribution in [0.2, 0.25) is 0 Å². The summed E-state index contributed by atoms with van der Waals surface area (Å²) in [5.41, 5.74) is 2.71. The van der Waals surface area contributed by atoms with Crippen LogP contribution >= 0.6 is 22.6 Å². The molecule has 0 atom stereocenters. The zero-order valence-corrected chi connectivity index (χ0v) is 16.0. The van der Waals surface area contributed by atoms with Crippen molar-refractivity contribution >= 4 is 52.0 Å². The molecule has 0 aliphatic heterocycles. The van der Waals surface area contributed by atoms with Crippen LogP contribution in [0.15, 0.2) is 47.6 Å². The van der Waals surface area contributed by atoms with Gasteiger partial charge in [0.15, 0.2) is 0 Å². The van der Waals surface area contributed by atoms with E-state index in [-0.39, 0.29) is 35.7 Å². The van der Waals surface area contributed by atoms with Gasteiger partial charge in [0.1, 0.15) is 5.75 Å². The average molecular weight is 482 g/mol. The van der Waals surface area contributed by atoms with Gasteiger partial charge in [-0.05, 0) is 52.9 Å². The van der Waals surface area contributed by atoms with E-state index >= 15 is 0 Å². The van der Waals surface area contributed by atoms with E-state index in [2.05, 4.69) is 38.4 Å². The molecule has 0 saturated heterocycles. The molecule has 0 spiro atoms. The van der Waals surface area contributed by atoms with Crippen LogP contribution in [0.4, 0.5) is 11.4 Å². The summed E-state index contributed by atoms with van der Waals surface area (Å²) in [4.78, 5) is 33.6. The van der Waals surface area contributed by atoms with Crippen LogP contribution in [0.1, 0.15) is 18.4 Å². The van der Waals surface area contributed by atoms with Crippen LogP contribution in [0.3, 0.4) is 0 Å². The summed E-state index contributed by atoms with van der Waals surface area (Å²) in [6.45, 7) is 0. The number of carbonyl (C=O) groups is 2. The summed E-state index contributed by atoms with van der Waals surface area (Å²) in [6.07, 6.45) is 0.968. The number of phenolic OH excluding ortho intramolecular Hbond substituents is 1. The number of anilines is 1. The zero-order valence-electron chi connectivity index (χ0n) is 13.9. The van der Waals surface area contributed by atoms with Gasteiger partial charge in [-0.1, -0.05) is 0 Å². The lowest BCUT2D eigenvalue weighted by Crippen LogP contribution is -2.20. The van der Waals surface area contributed by atoms with Gasteiger partial charge in [-0.25, -0.2) is 5.43 Å². The first-order valence-electron chi connectivity index (χ1n) is 7.70. The number of hydrazone groups is 1. The Morgan fingerprint density at radius 2 is 1.81 bits per heavy atom. The third-order valence-electron chi connectivity index (χ3n) is 3.32. The van der Waals surface area contributed by atoms with Crippen molar-refractivity contribution in [3.63, 3.8) is 0 Å². The molecule has 27 heavy (non-hydrogen) atoms. The molecule has 3 N–H and O–H groups in total. The van der Waals surface area contributed by atoms with Crippen LogP contribution in [0, 0.1) is 13.7 Å². The number of rotatable bonds is 7. The second-order valence-corrected chi connectivity index (χ2v) is 6.59. The lowest BCUT2D eigenvalue weighted by atomic mass is 10.2. The molecule has 0 fully saturated rings. The van der Waals surface area contributed by atoms with E-state index in [1.807, 2.05) is 12.1 Å². The van der Waals surface area contributed by atoms with Gasteiger partial charge in [0, 0.05) is 39.8 Å². The standard InChI is InChI=1S/C17H15IN4O5/c18-12-1-3-13(4-2-12)20-16(24)7-8-17(25)21-19-10-11-9-14(22(26)27)5-6-15(11)23/h1-6,9-10,23H,7-8H2,(H,20,24)(H,21,25). The van der Waals surface area contributed by atoms with Gasteiger partial charge < -0.3 is 10.4 Å².